The van der Waals surface area contributed by atoms with Crippen molar-refractivity contribution in [2.24, 2.45) is 11.8 Å². The van der Waals surface area contributed by atoms with Gasteiger partial charge in [0.2, 0.25) is 11.8 Å². The second-order valence-electron chi connectivity index (χ2n) is 17.2. The Morgan fingerprint density at radius 2 is 1.12 bits per heavy atom. The number of pyridine rings is 2. The maximum atomic E-state index is 13.3. The normalized spacial score (nSPS) is 18.6. The Labute approximate surface area is 371 Å². The van der Waals surface area contributed by atoms with Crippen molar-refractivity contribution in [3.8, 4) is 11.8 Å². The van der Waals surface area contributed by atoms with Gasteiger partial charge in [0.1, 0.15) is 0 Å². The van der Waals surface area contributed by atoms with Crippen molar-refractivity contribution < 1.29 is 18.9 Å². The number of benzene rings is 2. The first kappa shape index (κ1) is 40.5. The molecule has 2 atom stereocenters. The molecule has 2 saturated carbocycles. The van der Waals surface area contributed by atoms with E-state index in [1.807, 2.05) is 58.5 Å². The number of halogens is 1. The van der Waals surface area contributed by atoms with Gasteiger partial charge in [-0.2, -0.15) is 9.97 Å². The highest BCUT2D eigenvalue weighted by Gasteiger charge is 2.31. The van der Waals surface area contributed by atoms with Crippen LogP contribution >= 0.6 is 11.6 Å². The van der Waals surface area contributed by atoms with Crippen molar-refractivity contribution in [3.05, 3.63) is 117 Å². The van der Waals surface area contributed by atoms with E-state index in [-0.39, 0.29) is 36.6 Å². The lowest BCUT2D eigenvalue weighted by Crippen LogP contribution is -2.25. The van der Waals surface area contributed by atoms with E-state index in [0.717, 1.165) is 96.9 Å². The summed E-state index contributed by atoms with van der Waals surface area (Å²) in [4.78, 5) is 54.0. The summed E-state index contributed by atoms with van der Waals surface area (Å²) in [6, 6.07) is 15.9. The van der Waals surface area contributed by atoms with Gasteiger partial charge in [0.05, 0.1) is 101 Å². The quantitative estimate of drug-likeness (QED) is 0.126. The molecule has 2 aromatic carbocycles. The van der Waals surface area contributed by atoms with Crippen LogP contribution in [0, 0.1) is 18.8 Å². The highest BCUT2D eigenvalue weighted by atomic mass is 35.5. The number of aromatic nitrogens is 10. The fourth-order valence-electron chi connectivity index (χ4n) is 8.90. The van der Waals surface area contributed by atoms with Crippen LogP contribution < -0.4 is 20.9 Å². The van der Waals surface area contributed by atoms with Crippen LogP contribution in [0.3, 0.4) is 0 Å². The van der Waals surface area contributed by atoms with Crippen LogP contribution in [0.15, 0.2) is 82.9 Å². The van der Waals surface area contributed by atoms with Gasteiger partial charge in [0.25, 0.3) is 0 Å². The van der Waals surface area contributed by atoms with Crippen molar-refractivity contribution in [1.82, 2.24) is 48.2 Å². The lowest BCUT2D eigenvalue weighted by molar-refractivity contribution is 0.166. The summed E-state index contributed by atoms with van der Waals surface area (Å²) in [5.74, 6) is 2.78. The molecule has 2 unspecified atom stereocenters. The third kappa shape index (κ3) is 7.87. The van der Waals surface area contributed by atoms with Gasteiger partial charge < -0.3 is 18.9 Å². The van der Waals surface area contributed by atoms with E-state index in [4.69, 9.17) is 45.5 Å². The topological polar surface area (TPSA) is 168 Å². The minimum Gasteiger partial charge on any atom is -0.477 e. The van der Waals surface area contributed by atoms with E-state index in [1.165, 1.54) is 0 Å². The van der Waals surface area contributed by atoms with E-state index >= 15 is 0 Å². The molecule has 0 bridgehead atoms. The Balaban J connectivity index is 0.000000143. The molecule has 8 aromatic rings. The molecule has 0 amide bonds. The Bertz CT molecular complexity index is 2950. The van der Waals surface area contributed by atoms with Gasteiger partial charge in [0, 0.05) is 49.5 Å². The standard InChI is InChI=1S/C24H25N5O3.C23H22ClN5O3/c1-15-3-2-4-18-22(15)23(32-14-16-8-10-31-13-16)27-21(26-18)12-28-20-11-25-9-7-19(20)29(24(28)30)17-5-6-17;24-16-2-1-3-17-21(16)22(32-13-14-7-9-31-12-14)27-20(26-17)11-28-19-10-25-8-6-18(19)29(23(28)30)15-4-5-15/h2-4,7,9,11,16-17H,5-6,8,10,12-14H2,1H3;1-3,6,8,10,14-15H,4-5,7,9,11-13H2. The maximum Gasteiger partial charge on any atom is 0.329 e. The smallest absolute Gasteiger partial charge is 0.329 e. The molecule has 8 heterocycles. The molecule has 2 aliphatic carbocycles. The van der Waals surface area contributed by atoms with Crippen molar-refractivity contribution in [1.29, 1.82) is 0 Å². The van der Waals surface area contributed by atoms with Crippen LogP contribution in [0.25, 0.3) is 43.9 Å². The fourth-order valence-corrected chi connectivity index (χ4v) is 9.15. The Morgan fingerprint density at radius 3 is 1.62 bits per heavy atom. The summed E-state index contributed by atoms with van der Waals surface area (Å²) >= 11 is 6.47. The number of fused-ring (bicyclic) bond motifs is 4. The first-order valence-electron chi connectivity index (χ1n) is 22.1. The maximum absolute atomic E-state index is 13.3. The van der Waals surface area contributed by atoms with E-state index in [9.17, 15) is 9.59 Å². The monoisotopic (exact) mass is 882 g/mol. The van der Waals surface area contributed by atoms with Gasteiger partial charge in [-0.15, -0.1) is 0 Å². The zero-order valence-corrected chi connectivity index (χ0v) is 36.2. The van der Waals surface area contributed by atoms with Crippen LogP contribution in [-0.2, 0) is 22.6 Å². The van der Waals surface area contributed by atoms with Gasteiger partial charge >= 0.3 is 11.4 Å². The van der Waals surface area contributed by atoms with Crippen molar-refractivity contribution in [2.75, 3.05) is 39.6 Å². The van der Waals surface area contributed by atoms with Crippen LogP contribution in [0.4, 0.5) is 0 Å². The van der Waals surface area contributed by atoms with E-state index in [1.54, 1.807) is 40.0 Å². The zero-order valence-electron chi connectivity index (χ0n) is 35.4. The second-order valence-corrected chi connectivity index (χ2v) is 17.6. The molecule has 0 spiro atoms. The first-order chi connectivity index (χ1) is 31.4. The second kappa shape index (κ2) is 17.0. The van der Waals surface area contributed by atoms with Crippen LogP contribution in [0.2, 0.25) is 5.02 Å². The third-order valence-corrected chi connectivity index (χ3v) is 12.9. The summed E-state index contributed by atoms with van der Waals surface area (Å²) in [5, 5.41) is 2.15. The fraction of sp³-hybridized carbons (Fsp3) is 0.404. The minimum atomic E-state index is -0.0594. The Morgan fingerprint density at radius 1 is 0.625 bits per heavy atom. The zero-order chi connectivity index (χ0) is 43.3. The lowest BCUT2D eigenvalue weighted by atomic mass is 10.1. The van der Waals surface area contributed by atoms with Crippen molar-refractivity contribution >= 4 is 55.5 Å². The molecule has 0 N–H and O–H groups in total. The van der Waals surface area contributed by atoms with Gasteiger partial charge in [-0.25, -0.2) is 19.6 Å². The molecule has 12 rings (SSSR count). The Hall–Kier alpha value is -6.23. The SMILES string of the molecule is Cc1cccc2nc(Cn3c(=O)n(C4CC4)c4ccncc43)nc(OCC3CCOC3)c12.O=c1n(Cc2nc(OCC3CCOC3)c3c(Cl)cccc3n2)c2cnccc2n1C1CC1. The molecule has 2 saturated heterocycles. The molecule has 2 aliphatic heterocycles. The van der Waals surface area contributed by atoms with Crippen LogP contribution in [0.1, 0.15) is 67.8 Å². The molecule has 4 fully saturated rings. The van der Waals surface area contributed by atoms with E-state index in [2.05, 4.69) is 15.0 Å². The highest BCUT2D eigenvalue weighted by molar-refractivity contribution is 6.35. The number of aryl methyl sites for hydroxylation is 1. The van der Waals surface area contributed by atoms with Gasteiger partial charge in [0.15, 0.2) is 11.6 Å². The molecule has 17 heteroatoms. The molecule has 64 heavy (non-hydrogen) atoms. The van der Waals surface area contributed by atoms with Gasteiger partial charge in [-0.3, -0.25) is 28.2 Å². The molecule has 16 nitrogen and oxygen atoms in total. The predicted octanol–water partition coefficient (Wildman–Crippen LogP) is 6.84. The Kier molecular flexibility index (Phi) is 10.8. The third-order valence-electron chi connectivity index (χ3n) is 12.5. The average Bonchev–Trinajstić information content (AvgIpc) is 4.14. The summed E-state index contributed by atoms with van der Waals surface area (Å²) in [6.07, 6.45) is 13.0. The number of nitrogens with zero attached hydrogens (tertiary/aromatic N) is 10. The summed E-state index contributed by atoms with van der Waals surface area (Å²) in [7, 11) is 0. The number of imidazole rings is 2. The number of hydrogen-bond acceptors (Lipinski definition) is 12. The van der Waals surface area contributed by atoms with Gasteiger partial charge in [-0.05, 0) is 81.3 Å². The summed E-state index contributed by atoms with van der Waals surface area (Å²) < 4.78 is 30.4. The number of rotatable bonds is 12. The molecular weight excluding hydrogens is 836 g/mol. The largest absolute Gasteiger partial charge is 0.477 e. The van der Waals surface area contributed by atoms with Gasteiger partial charge in [-0.1, -0.05) is 29.8 Å². The lowest BCUT2D eigenvalue weighted by Gasteiger charge is -2.14. The molecular formula is C47H47ClN10O6. The molecule has 6 aromatic heterocycles. The molecule has 0 radical (unpaired) electrons. The molecule has 4 aliphatic rings. The summed E-state index contributed by atoms with van der Waals surface area (Å²) in [5.41, 5.74) is 5.90. The van der Waals surface area contributed by atoms with Crippen molar-refractivity contribution in [3.63, 3.8) is 0 Å². The van der Waals surface area contributed by atoms with Crippen LogP contribution in [-0.4, -0.2) is 87.8 Å². The average molecular weight is 883 g/mol. The number of ether oxygens (including phenoxy) is 4. The summed E-state index contributed by atoms with van der Waals surface area (Å²) in [6.45, 7) is 6.55. The number of hydrogen-bond donors (Lipinski definition) is 0. The van der Waals surface area contributed by atoms with E-state index in [0.29, 0.717) is 71.0 Å². The minimum absolute atomic E-state index is 0.0333. The highest BCUT2D eigenvalue weighted by Crippen LogP contribution is 2.38. The predicted molar refractivity (Wildman–Crippen MR) is 240 cm³/mol. The van der Waals surface area contributed by atoms with E-state index < -0.39 is 0 Å². The first-order valence-corrected chi connectivity index (χ1v) is 22.5. The van der Waals surface area contributed by atoms with Crippen LogP contribution in [0.5, 0.6) is 11.8 Å². The van der Waals surface area contributed by atoms with Crippen molar-refractivity contribution in [2.45, 2.75) is 70.6 Å². The molecule has 328 valence electrons.